The van der Waals surface area contributed by atoms with Crippen molar-refractivity contribution in [1.82, 2.24) is 10.3 Å². The number of pyridine rings is 1. The lowest BCUT2D eigenvalue weighted by Crippen LogP contribution is -2.19. The smallest absolute Gasteiger partial charge is 0.0749 e. The van der Waals surface area contributed by atoms with E-state index in [1.54, 1.807) is 0 Å². The minimum Gasteiger partial charge on any atom is -0.382 e. The van der Waals surface area contributed by atoms with Crippen LogP contribution in [0.1, 0.15) is 24.9 Å². The van der Waals surface area contributed by atoms with Gasteiger partial charge < -0.3 is 10.1 Å². The molecule has 2 rings (SSSR count). The highest BCUT2D eigenvalue weighted by Gasteiger charge is 2.12. The monoisotopic (exact) mass is 244 g/mol. The minimum atomic E-state index is 0.287. The summed E-state index contributed by atoms with van der Waals surface area (Å²) in [6, 6.07) is 10.7. The second-order valence-corrected chi connectivity index (χ2v) is 4.25. The molecule has 1 atom stereocenters. The van der Waals surface area contributed by atoms with Crippen molar-refractivity contribution in [3.05, 3.63) is 42.1 Å². The number of hydrogen-bond donors (Lipinski definition) is 1. The van der Waals surface area contributed by atoms with E-state index in [2.05, 4.69) is 34.6 Å². The van der Waals surface area contributed by atoms with Crippen LogP contribution in [0.4, 0.5) is 0 Å². The van der Waals surface area contributed by atoms with Gasteiger partial charge in [-0.25, -0.2) is 0 Å². The first-order valence-corrected chi connectivity index (χ1v) is 6.45. The van der Waals surface area contributed by atoms with Crippen LogP contribution in [-0.2, 0) is 4.74 Å². The Morgan fingerprint density at radius 3 is 2.89 bits per heavy atom. The number of ether oxygens (including phenoxy) is 1. The molecule has 96 valence electrons. The maximum absolute atomic E-state index is 5.44. The molecule has 1 aromatic carbocycles. The highest BCUT2D eigenvalue weighted by molar-refractivity contribution is 5.81. The summed E-state index contributed by atoms with van der Waals surface area (Å²) in [5.41, 5.74) is 2.33. The van der Waals surface area contributed by atoms with E-state index in [4.69, 9.17) is 4.74 Å². The Bertz CT molecular complexity index is 493. The first kappa shape index (κ1) is 13.0. The maximum atomic E-state index is 5.44. The van der Waals surface area contributed by atoms with E-state index in [1.807, 2.05) is 26.2 Å². The van der Waals surface area contributed by atoms with Crippen LogP contribution in [0, 0.1) is 0 Å². The fraction of sp³-hybridized carbons (Fsp3) is 0.400. The van der Waals surface area contributed by atoms with Gasteiger partial charge in [-0.15, -0.1) is 0 Å². The van der Waals surface area contributed by atoms with E-state index in [0.29, 0.717) is 0 Å². The number of hydrogen-bond acceptors (Lipinski definition) is 3. The molecule has 3 nitrogen and oxygen atoms in total. The topological polar surface area (TPSA) is 34.1 Å². The molecular formula is C15H20N2O. The molecule has 18 heavy (non-hydrogen) atoms. The predicted octanol–water partition coefficient (Wildman–Crippen LogP) is 2.92. The quantitative estimate of drug-likeness (QED) is 0.793. The summed E-state index contributed by atoms with van der Waals surface area (Å²) in [6.45, 7) is 3.56. The fourth-order valence-electron chi connectivity index (χ4n) is 2.21. The second-order valence-electron chi connectivity index (χ2n) is 4.25. The normalized spacial score (nSPS) is 12.8. The standard InChI is InChI=1S/C15H20N2O/c1-3-18-11-9-14(16-2)13-8-4-6-12-7-5-10-17-15(12)13/h4-8,10,14,16H,3,9,11H2,1-2H3. The number of aromatic nitrogens is 1. The number of nitrogens with one attached hydrogen (secondary N) is 1. The molecule has 0 saturated carbocycles. The van der Waals surface area contributed by atoms with E-state index in [0.717, 1.165) is 25.2 Å². The largest absolute Gasteiger partial charge is 0.382 e. The molecule has 0 saturated heterocycles. The SMILES string of the molecule is CCOCCC(NC)c1cccc2cccnc12. The first-order valence-electron chi connectivity index (χ1n) is 6.45. The summed E-state index contributed by atoms with van der Waals surface area (Å²) >= 11 is 0. The van der Waals surface area contributed by atoms with Gasteiger partial charge >= 0.3 is 0 Å². The van der Waals surface area contributed by atoms with Gasteiger partial charge in [0, 0.05) is 30.8 Å². The molecule has 0 aliphatic heterocycles. The van der Waals surface area contributed by atoms with Crippen molar-refractivity contribution < 1.29 is 4.74 Å². The van der Waals surface area contributed by atoms with Crippen LogP contribution in [-0.4, -0.2) is 25.2 Å². The van der Waals surface area contributed by atoms with E-state index in [9.17, 15) is 0 Å². The van der Waals surface area contributed by atoms with Crippen molar-refractivity contribution in [2.75, 3.05) is 20.3 Å². The number of nitrogens with zero attached hydrogens (tertiary/aromatic N) is 1. The van der Waals surface area contributed by atoms with E-state index < -0.39 is 0 Å². The molecule has 1 aromatic heterocycles. The number of para-hydroxylation sites is 1. The van der Waals surface area contributed by atoms with Crippen LogP contribution in [0.25, 0.3) is 10.9 Å². The van der Waals surface area contributed by atoms with Crippen molar-refractivity contribution in [3.63, 3.8) is 0 Å². The Morgan fingerprint density at radius 1 is 1.28 bits per heavy atom. The van der Waals surface area contributed by atoms with Crippen molar-refractivity contribution in [3.8, 4) is 0 Å². The zero-order valence-electron chi connectivity index (χ0n) is 11.0. The van der Waals surface area contributed by atoms with Crippen molar-refractivity contribution >= 4 is 10.9 Å². The molecule has 0 spiro atoms. The molecule has 2 aromatic rings. The molecule has 0 fully saturated rings. The summed E-state index contributed by atoms with van der Waals surface area (Å²) in [6.07, 6.45) is 2.81. The molecule has 0 aliphatic rings. The maximum Gasteiger partial charge on any atom is 0.0749 e. The van der Waals surface area contributed by atoms with Crippen molar-refractivity contribution in [2.45, 2.75) is 19.4 Å². The van der Waals surface area contributed by atoms with E-state index in [1.165, 1.54) is 10.9 Å². The van der Waals surface area contributed by atoms with Crippen LogP contribution in [0.5, 0.6) is 0 Å². The molecule has 1 heterocycles. The average molecular weight is 244 g/mol. The molecule has 0 bridgehead atoms. The van der Waals surface area contributed by atoms with Gasteiger partial charge in [0.05, 0.1) is 5.52 Å². The Hall–Kier alpha value is -1.45. The molecule has 1 unspecified atom stereocenters. The molecule has 0 radical (unpaired) electrons. The van der Waals surface area contributed by atoms with Gasteiger partial charge in [0.2, 0.25) is 0 Å². The Balaban J connectivity index is 2.27. The van der Waals surface area contributed by atoms with Gasteiger partial charge in [0.15, 0.2) is 0 Å². The third-order valence-corrected chi connectivity index (χ3v) is 3.14. The van der Waals surface area contributed by atoms with Crippen LogP contribution in [0.3, 0.4) is 0 Å². The third-order valence-electron chi connectivity index (χ3n) is 3.14. The summed E-state index contributed by atoms with van der Waals surface area (Å²) in [5.74, 6) is 0. The highest BCUT2D eigenvalue weighted by Crippen LogP contribution is 2.24. The molecule has 0 amide bonds. The zero-order valence-corrected chi connectivity index (χ0v) is 11.0. The highest BCUT2D eigenvalue weighted by atomic mass is 16.5. The van der Waals surface area contributed by atoms with Gasteiger partial charge in [-0.3, -0.25) is 4.98 Å². The van der Waals surface area contributed by atoms with Gasteiger partial charge in [0.1, 0.15) is 0 Å². The summed E-state index contributed by atoms with van der Waals surface area (Å²) in [5, 5.41) is 4.54. The first-order chi connectivity index (χ1) is 8.86. The fourth-order valence-corrected chi connectivity index (χ4v) is 2.21. The van der Waals surface area contributed by atoms with E-state index in [-0.39, 0.29) is 6.04 Å². The van der Waals surface area contributed by atoms with Crippen LogP contribution < -0.4 is 5.32 Å². The summed E-state index contributed by atoms with van der Waals surface area (Å²) < 4.78 is 5.44. The van der Waals surface area contributed by atoms with Crippen molar-refractivity contribution in [2.24, 2.45) is 0 Å². The summed E-state index contributed by atoms with van der Waals surface area (Å²) in [4.78, 5) is 4.50. The second kappa shape index (κ2) is 6.47. The molecular weight excluding hydrogens is 224 g/mol. The number of benzene rings is 1. The van der Waals surface area contributed by atoms with Gasteiger partial charge in [0.25, 0.3) is 0 Å². The van der Waals surface area contributed by atoms with Crippen LogP contribution in [0.15, 0.2) is 36.5 Å². The Morgan fingerprint density at radius 2 is 2.11 bits per heavy atom. The van der Waals surface area contributed by atoms with Crippen molar-refractivity contribution in [1.29, 1.82) is 0 Å². The number of fused-ring (bicyclic) bond motifs is 1. The minimum absolute atomic E-state index is 0.287. The van der Waals surface area contributed by atoms with Gasteiger partial charge in [-0.2, -0.15) is 0 Å². The average Bonchev–Trinajstić information content (AvgIpc) is 2.43. The molecule has 3 heteroatoms. The lowest BCUT2D eigenvalue weighted by Gasteiger charge is -2.18. The Labute approximate surface area is 108 Å². The zero-order chi connectivity index (χ0) is 12.8. The van der Waals surface area contributed by atoms with Crippen LogP contribution in [0.2, 0.25) is 0 Å². The van der Waals surface area contributed by atoms with Crippen LogP contribution >= 0.6 is 0 Å². The number of rotatable bonds is 6. The van der Waals surface area contributed by atoms with E-state index >= 15 is 0 Å². The third kappa shape index (κ3) is 2.86. The van der Waals surface area contributed by atoms with Gasteiger partial charge in [-0.1, -0.05) is 24.3 Å². The van der Waals surface area contributed by atoms with Gasteiger partial charge in [-0.05, 0) is 32.0 Å². The Kier molecular flexibility index (Phi) is 4.67. The lowest BCUT2D eigenvalue weighted by molar-refractivity contribution is 0.137. The summed E-state index contributed by atoms with van der Waals surface area (Å²) in [7, 11) is 1.98. The molecule has 1 N–H and O–H groups in total. The lowest BCUT2D eigenvalue weighted by atomic mass is 10.0. The predicted molar refractivity (Wildman–Crippen MR) is 74.7 cm³/mol. The molecule has 0 aliphatic carbocycles.